The van der Waals surface area contributed by atoms with Crippen molar-refractivity contribution >= 4 is 22.4 Å². The van der Waals surface area contributed by atoms with E-state index >= 15 is 0 Å². The number of nitrogens with two attached hydrogens (primary N) is 1. The fraction of sp³-hybridized carbons (Fsp3) is 0.333. The Labute approximate surface area is 80.9 Å². The van der Waals surface area contributed by atoms with Crippen LogP contribution < -0.4 is 11.1 Å². The van der Waals surface area contributed by atoms with Gasteiger partial charge in [0, 0.05) is 5.38 Å². The Morgan fingerprint density at radius 1 is 1.64 bits per heavy atom. The van der Waals surface area contributed by atoms with Crippen molar-refractivity contribution in [2.24, 2.45) is 5.73 Å². The summed E-state index contributed by atoms with van der Waals surface area (Å²) in [5.74, 6) is -0.763. The number of aromatic nitrogens is 1. The highest BCUT2D eigenvalue weighted by atomic mass is 32.1. The van der Waals surface area contributed by atoms with Gasteiger partial charge in [0.2, 0.25) is 0 Å². The highest BCUT2D eigenvalue weighted by molar-refractivity contribution is 7.13. The van der Waals surface area contributed by atoms with Crippen molar-refractivity contribution in [2.45, 2.75) is 6.18 Å². The normalized spacial score (nSPS) is 11.4. The summed E-state index contributed by atoms with van der Waals surface area (Å²) in [4.78, 5) is 14.1. The number of anilines is 1. The van der Waals surface area contributed by atoms with Gasteiger partial charge in [-0.3, -0.25) is 4.79 Å². The van der Waals surface area contributed by atoms with Crippen molar-refractivity contribution in [3.8, 4) is 0 Å². The minimum atomic E-state index is -4.31. The lowest BCUT2D eigenvalue weighted by Gasteiger charge is -2.05. The number of carbonyl (C=O) groups is 1. The van der Waals surface area contributed by atoms with Crippen LogP contribution in [0.5, 0.6) is 0 Å². The first-order valence-electron chi connectivity index (χ1n) is 3.44. The first kappa shape index (κ1) is 10.8. The first-order chi connectivity index (χ1) is 6.38. The maximum atomic E-state index is 11.7. The number of nitrogens with zero attached hydrogens (tertiary/aromatic N) is 1. The second-order valence-corrected chi connectivity index (χ2v) is 3.23. The Kier molecular flexibility index (Phi) is 2.94. The molecular weight excluding hydrogens is 219 g/mol. The molecule has 0 aromatic carbocycles. The smallest absolute Gasteiger partial charge is 0.364 e. The summed E-state index contributed by atoms with van der Waals surface area (Å²) in [7, 11) is 0. The van der Waals surface area contributed by atoms with Crippen molar-refractivity contribution in [1.29, 1.82) is 0 Å². The van der Waals surface area contributed by atoms with Gasteiger partial charge < -0.3 is 11.1 Å². The molecule has 0 saturated heterocycles. The number of rotatable bonds is 3. The van der Waals surface area contributed by atoms with E-state index in [0.29, 0.717) is 0 Å². The number of hydrogen-bond donors (Lipinski definition) is 2. The molecule has 78 valence electrons. The Hall–Kier alpha value is -1.31. The van der Waals surface area contributed by atoms with E-state index < -0.39 is 18.6 Å². The summed E-state index contributed by atoms with van der Waals surface area (Å²) in [6.45, 7) is -1.18. The zero-order valence-corrected chi connectivity index (χ0v) is 7.58. The summed E-state index contributed by atoms with van der Waals surface area (Å²) < 4.78 is 35.2. The van der Waals surface area contributed by atoms with E-state index in [2.05, 4.69) is 4.98 Å². The highest BCUT2D eigenvalue weighted by Gasteiger charge is 2.27. The van der Waals surface area contributed by atoms with Gasteiger partial charge in [-0.05, 0) is 0 Å². The molecule has 1 aromatic heterocycles. The molecule has 0 atom stereocenters. The van der Waals surface area contributed by atoms with Crippen molar-refractivity contribution in [2.75, 3.05) is 11.9 Å². The summed E-state index contributed by atoms with van der Waals surface area (Å²) in [5, 5.41) is 3.35. The zero-order valence-electron chi connectivity index (χ0n) is 6.76. The molecule has 1 heterocycles. The summed E-state index contributed by atoms with van der Waals surface area (Å²) in [6, 6.07) is 0. The summed E-state index contributed by atoms with van der Waals surface area (Å²) in [5.41, 5.74) is 4.82. The van der Waals surface area contributed by atoms with E-state index in [9.17, 15) is 18.0 Å². The largest absolute Gasteiger partial charge is 0.405 e. The van der Waals surface area contributed by atoms with Crippen LogP contribution in [0.25, 0.3) is 0 Å². The molecule has 3 N–H and O–H groups in total. The molecule has 14 heavy (non-hydrogen) atoms. The number of amides is 1. The summed E-state index contributed by atoms with van der Waals surface area (Å²) >= 11 is 0.896. The second kappa shape index (κ2) is 3.82. The van der Waals surface area contributed by atoms with Gasteiger partial charge in [-0.2, -0.15) is 13.2 Å². The molecule has 0 radical (unpaired) electrons. The second-order valence-electron chi connectivity index (χ2n) is 2.37. The van der Waals surface area contributed by atoms with E-state index in [1.165, 1.54) is 5.38 Å². The Morgan fingerprint density at radius 2 is 2.29 bits per heavy atom. The van der Waals surface area contributed by atoms with Crippen LogP contribution in [0, 0.1) is 0 Å². The van der Waals surface area contributed by atoms with Crippen LogP contribution in [0.15, 0.2) is 5.38 Å². The van der Waals surface area contributed by atoms with Crippen LogP contribution in [0.3, 0.4) is 0 Å². The quantitative estimate of drug-likeness (QED) is 0.812. The minimum absolute atomic E-state index is 0.0242. The van der Waals surface area contributed by atoms with E-state index in [1.54, 1.807) is 0 Å². The van der Waals surface area contributed by atoms with Crippen molar-refractivity contribution in [3.63, 3.8) is 0 Å². The lowest BCUT2D eigenvalue weighted by molar-refractivity contribution is -0.115. The predicted octanol–water partition coefficient (Wildman–Crippen LogP) is 1.22. The lowest BCUT2D eigenvalue weighted by atomic mass is 10.5. The van der Waals surface area contributed by atoms with Gasteiger partial charge in [0.25, 0.3) is 5.91 Å². The van der Waals surface area contributed by atoms with Crippen molar-refractivity contribution < 1.29 is 18.0 Å². The van der Waals surface area contributed by atoms with E-state index in [0.717, 1.165) is 11.3 Å². The topological polar surface area (TPSA) is 68.0 Å². The molecule has 1 amide bonds. The Morgan fingerprint density at radius 3 is 2.71 bits per heavy atom. The zero-order chi connectivity index (χ0) is 10.8. The first-order valence-corrected chi connectivity index (χ1v) is 4.32. The van der Waals surface area contributed by atoms with Gasteiger partial charge in [-0.1, -0.05) is 0 Å². The van der Waals surface area contributed by atoms with Crippen LogP contribution >= 0.6 is 11.3 Å². The van der Waals surface area contributed by atoms with Crippen molar-refractivity contribution in [1.82, 2.24) is 4.98 Å². The van der Waals surface area contributed by atoms with Crippen LogP contribution in [-0.4, -0.2) is 23.6 Å². The molecule has 8 heteroatoms. The molecule has 0 unspecified atom stereocenters. The molecule has 0 saturated carbocycles. The van der Waals surface area contributed by atoms with Crippen LogP contribution in [-0.2, 0) is 0 Å². The van der Waals surface area contributed by atoms with Gasteiger partial charge >= 0.3 is 6.18 Å². The average molecular weight is 225 g/mol. The Balaban J connectivity index is 2.56. The molecule has 0 aliphatic rings. The van der Waals surface area contributed by atoms with Gasteiger partial charge in [-0.25, -0.2) is 4.98 Å². The average Bonchev–Trinajstić information content (AvgIpc) is 2.47. The van der Waals surface area contributed by atoms with Gasteiger partial charge in [0.15, 0.2) is 5.13 Å². The molecule has 1 aromatic rings. The minimum Gasteiger partial charge on any atom is -0.364 e. The van der Waals surface area contributed by atoms with Crippen LogP contribution in [0.2, 0.25) is 0 Å². The molecule has 1 rings (SSSR count). The van der Waals surface area contributed by atoms with E-state index in [-0.39, 0.29) is 10.8 Å². The predicted molar refractivity (Wildman–Crippen MR) is 45.2 cm³/mol. The SMILES string of the molecule is NC(=O)c1csc(NCC(F)(F)F)n1. The molecule has 0 bridgehead atoms. The maximum Gasteiger partial charge on any atom is 0.405 e. The lowest BCUT2D eigenvalue weighted by Crippen LogP contribution is -2.21. The van der Waals surface area contributed by atoms with E-state index in [1.807, 2.05) is 5.32 Å². The molecule has 0 aliphatic carbocycles. The molecule has 0 aliphatic heterocycles. The number of alkyl halides is 3. The number of thiazole rings is 1. The fourth-order valence-corrected chi connectivity index (χ4v) is 1.34. The fourth-order valence-electron chi connectivity index (χ4n) is 0.644. The third-order valence-electron chi connectivity index (χ3n) is 1.20. The van der Waals surface area contributed by atoms with Gasteiger partial charge in [0.1, 0.15) is 12.2 Å². The number of primary amides is 1. The highest BCUT2D eigenvalue weighted by Crippen LogP contribution is 2.19. The molecular formula is C6H6F3N3OS. The summed E-state index contributed by atoms with van der Waals surface area (Å²) in [6.07, 6.45) is -4.31. The molecule has 4 nitrogen and oxygen atoms in total. The molecule has 0 spiro atoms. The standard InChI is InChI=1S/C6H6F3N3OS/c7-6(8,9)2-11-5-12-3(1-14-5)4(10)13/h1H,2H2,(H2,10,13)(H,11,12). The number of hydrogen-bond acceptors (Lipinski definition) is 4. The van der Waals surface area contributed by atoms with E-state index in [4.69, 9.17) is 5.73 Å². The third kappa shape index (κ3) is 3.21. The molecule has 0 fully saturated rings. The van der Waals surface area contributed by atoms with Crippen LogP contribution in [0.1, 0.15) is 10.5 Å². The third-order valence-corrected chi connectivity index (χ3v) is 2.00. The van der Waals surface area contributed by atoms with Crippen molar-refractivity contribution in [3.05, 3.63) is 11.1 Å². The maximum absolute atomic E-state index is 11.7. The Bertz CT molecular complexity index is 335. The van der Waals surface area contributed by atoms with Gasteiger partial charge in [-0.15, -0.1) is 11.3 Å². The van der Waals surface area contributed by atoms with Gasteiger partial charge in [0.05, 0.1) is 0 Å². The number of nitrogens with one attached hydrogen (secondary N) is 1. The monoisotopic (exact) mass is 225 g/mol. The number of halogens is 3. The van der Waals surface area contributed by atoms with Crippen LogP contribution in [0.4, 0.5) is 18.3 Å². The number of carbonyl (C=O) groups excluding carboxylic acids is 1.